The van der Waals surface area contributed by atoms with Crippen LogP contribution in [-0.4, -0.2) is 24.4 Å². The van der Waals surface area contributed by atoms with Gasteiger partial charge in [-0.2, -0.15) is 0 Å². The van der Waals surface area contributed by atoms with Gasteiger partial charge in [-0.15, -0.1) is 12.4 Å². The average molecular weight is 404 g/mol. The van der Waals surface area contributed by atoms with Gasteiger partial charge in [0.2, 0.25) is 0 Å². The highest BCUT2D eigenvalue weighted by atomic mass is 35.5. The summed E-state index contributed by atoms with van der Waals surface area (Å²) in [5.74, 6) is 1.40. The number of non-ortho nitro benzene ring substituents is 1. The molecule has 0 spiro atoms. The molecule has 140 valence electrons. The maximum absolute atomic E-state index is 10.9. The van der Waals surface area contributed by atoms with E-state index in [0.717, 1.165) is 40.5 Å². The van der Waals surface area contributed by atoms with Crippen molar-refractivity contribution in [2.75, 3.05) is 0 Å². The molecule has 0 fully saturated rings. The topological polar surface area (TPSA) is 89.6 Å². The largest absolute Gasteiger partial charge is 0.341 e. The highest BCUT2D eigenvalue weighted by Crippen LogP contribution is 2.27. The molecule has 0 bridgehead atoms. The minimum absolute atomic E-state index is 0. The molecule has 9 heteroatoms. The molecule has 0 unspecified atom stereocenters. The Labute approximate surface area is 165 Å². The Balaban J connectivity index is 0.00000210. The van der Waals surface area contributed by atoms with Gasteiger partial charge in [0, 0.05) is 18.7 Å². The van der Waals surface area contributed by atoms with Gasteiger partial charge in [-0.05, 0) is 24.6 Å². The number of H-pyrrole nitrogens is 1. The molecule has 0 saturated heterocycles. The molecule has 4 rings (SSSR count). The number of halogens is 1. The molecule has 0 aliphatic heterocycles. The molecule has 0 atom stereocenters. The van der Waals surface area contributed by atoms with Crippen molar-refractivity contribution in [3.8, 4) is 0 Å². The zero-order valence-corrected chi connectivity index (χ0v) is 16.2. The van der Waals surface area contributed by atoms with E-state index >= 15 is 0 Å². The highest BCUT2D eigenvalue weighted by molar-refractivity contribution is 7.98. The summed E-state index contributed by atoms with van der Waals surface area (Å²) in [7, 11) is 0. The summed E-state index contributed by atoms with van der Waals surface area (Å²) in [5, 5.41) is 11.9. The van der Waals surface area contributed by atoms with Crippen molar-refractivity contribution >= 4 is 51.9 Å². The third-order valence-corrected chi connectivity index (χ3v) is 5.12. The van der Waals surface area contributed by atoms with Crippen LogP contribution in [0.15, 0.2) is 47.6 Å². The molecule has 0 aliphatic carbocycles. The van der Waals surface area contributed by atoms with E-state index in [1.807, 2.05) is 18.2 Å². The quantitative estimate of drug-likeness (QED) is 0.279. The molecule has 4 aromatic rings. The summed E-state index contributed by atoms with van der Waals surface area (Å²) >= 11 is 1.62. The number of aromatic nitrogens is 4. The van der Waals surface area contributed by atoms with Gasteiger partial charge in [-0.25, -0.2) is 9.97 Å². The monoisotopic (exact) mass is 403 g/mol. The van der Waals surface area contributed by atoms with Crippen LogP contribution in [0.4, 0.5) is 5.69 Å². The van der Waals surface area contributed by atoms with Gasteiger partial charge in [0.1, 0.15) is 5.82 Å². The van der Waals surface area contributed by atoms with Gasteiger partial charge in [0.15, 0.2) is 5.16 Å². The molecule has 7 nitrogen and oxygen atoms in total. The summed E-state index contributed by atoms with van der Waals surface area (Å²) < 4.78 is 2.23. The zero-order chi connectivity index (χ0) is 18.1. The molecule has 2 heterocycles. The Morgan fingerprint density at radius 2 is 2.00 bits per heavy atom. The fourth-order valence-corrected chi connectivity index (χ4v) is 3.88. The first-order valence-electron chi connectivity index (χ1n) is 8.37. The fraction of sp³-hybridized carbons (Fsp3) is 0.222. The lowest BCUT2D eigenvalue weighted by Gasteiger charge is -2.06. The number of fused-ring (bicyclic) bond motifs is 2. The van der Waals surface area contributed by atoms with Gasteiger partial charge < -0.3 is 9.55 Å². The van der Waals surface area contributed by atoms with Gasteiger partial charge in [0.05, 0.1) is 32.7 Å². The number of para-hydroxylation sites is 2. The standard InChI is InChI=1S/C18H17N5O2S.ClH/c1-2-9-22-16-6-4-3-5-14(16)21-18(22)26-11-17-19-13-8-7-12(23(24)25)10-15(13)20-17;/h3-8,10H,2,9,11H2,1H3,(H,19,20);1H. The molecular formula is C18H18ClN5O2S. The van der Waals surface area contributed by atoms with Crippen LogP contribution < -0.4 is 0 Å². The van der Waals surface area contributed by atoms with E-state index < -0.39 is 4.92 Å². The minimum atomic E-state index is -0.401. The predicted molar refractivity (Wildman–Crippen MR) is 110 cm³/mol. The Hall–Kier alpha value is -2.58. The van der Waals surface area contributed by atoms with Crippen molar-refractivity contribution in [3.05, 3.63) is 58.4 Å². The van der Waals surface area contributed by atoms with Crippen LogP contribution in [0.5, 0.6) is 0 Å². The van der Waals surface area contributed by atoms with E-state index in [9.17, 15) is 10.1 Å². The van der Waals surface area contributed by atoms with Crippen molar-refractivity contribution < 1.29 is 4.92 Å². The van der Waals surface area contributed by atoms with Crippen molar-refractivity contribution in [2.45, 2.75) is 30.8 Å². The molecule has 0 saturated carbocycles. The number of rotatable bonds is 6. The van der Waals surface area contributed by atoms with Gasteiger partial charge in [-0.3, -0.25) is 10.1 Å². The van der Waals surface area contributed by atoms with Crippen LogP contribution in [0.25, 0.3) is 22.1 Å². The van der Waals surface area contributed by atoms with Crippen LogP contribution in [0.2, 0.25) is 0 Å². The summed E-state index contributed by atoms with van der Waals surface area (Å²) in [4.78, 5) is 22.9. The van der Waals surface area contributed by atoms with E-state index in [0.29, 0.717) is 11.3 Å². The third-order valence-electron chi connectivity index (χ3n) is 4.13. The average Bonchev–Trinajstić information content (AvgIpc) is 3.20. The second-order valence-corrected chi connectivity index (χ2v) is 6.91. The van der Waals surface area contributed by atoms with Gasteiger partial charge >= 0.3 is 0 Å². The van der Waals surface area contributed by atoms with Crippen molar-refractivity contribution in [1.82, 2.24) is 19.5 Å². The van der Waals surface area contributed by atoms with E-state index in [1.165, 1.54) is 12.1 Å². The smallest absolute Gasteiger partial charge is 0.271 e. The number of thioether (sulfide) groups is 1. The lowest BCUT2D eigenvalue weighted by Crippen LogP contribution is -1.99. The van der Waals surface area contributed by atoms with Gasteiger partial charge in [0.25, 0.3) is 5.69 Å². The number of nitro benzene ring substituents is 1. The summed E-state index contributed by atoms with van der Waals surface area (Å²) in [6.07, 6.45) is 1.03. The fourth-order valence-electron chi connectivity index (χ4n) is 2.97. The molecule has 0 aliphatic rings. The first-order chi connectivity index (χ1) is 12.7. The van der Waals surface area contributed by atoms with Crippen LogP contribution in [0.1, 0.15) is 19.2 Å². The number of hydrogen-bond donors (Lipinski definition) is 1. The number of aryl methyl sites for hydroxylation is 1. The molecule has 27 heavy (non-hydrogen) atoms. The number of nitro groups is 1. The first-order valence-corrected chi connectivity index (χ1v) is 9.35. The highest BCUT2D eigenvalue weighted by Gasteiger charge is 2.13. The summed E-state index contributed by atoms with van der Waals surface area (Å²) in [5.41, 5.74) is 3.59. The Bertz CT molecular complexity index is 1110. The number of nitrogens with zero attached hydrogens (tertiary/aromatic N) is 4. The SMILES string of the molecule is CCCn1c(SCc2nc3ccc([N+](=O)[O-])cc3[nH]2)nc2ccccc21.Cl. The second-order valence-electron chi connectivity index (χ2n) is 5.97. The van der Waals surface area contributed by atoms with E-state index in [1.54, 1.807) is 17.8 Å². The lowest BCUT2D eigenvalue weighted by molar-refractivity contribution is -0.384. The maximum atomic E-state index is 10.9. The molecule has 2 aromatic carbocycles. The number of benzene rings is 2. The molecule has 0 radical (unpaired) electrons. The van der Waals surface area contributed by atoms with E-state index in [-0.39, 0.29) is 18.1 Å². The predicted octanol–water partition coefficient (Wildman–Crippen LogP) is 4.94. The Morgan fingerprint density at radius 3 is 2.78 bits per heavy atom. The third kappa shape index (κ3) is 3.77. The van der Waals surface area contributed by atoms with Crippen LogP contribution in [0, 0.1) is 10.1 Å². The van der Waals surface area contributed by atoms with Crippen LogP contribution in [0.3, 0.4) is 0 Å². The summed E-state index contributed by atoms with van der Waals surface area (Å²) in [6, 6.07) is 12.8. The van der Waals surface area contributed by atoms with Crippen LogP contribution >= 0.6 is 24.2 Å². The number of aromatic amines is 1. The zero-order valence-electron chi connectivity index (χ0n) is 14.6. The normalized spacial score (nSPS) is 11.0. The Kier molecular flexibility index (Phi) is 5.67. The molecule has 2 aromatic heterocycles. The number of nitrogens with one attached hydrogen (secondary N) is 1. The number of imidazole rings is 2. The van der Waals surface area contributed by atoms with Gasteiger partial charge in [-0.1, -0.05) is 30.8 Å². The van der Waals surface area contributed by atoms with E-state index in [4.69, 9.17) is 4.98 Å². The lowest BCUT2D eigenvalue weighted by atomic mass is 10.3. The van der Waals surface area contributed by atoms with Crippen LogP contribution in [-0.2, 0) is 12.3 Å². The first kappa shape index (κ1) is 19.2. The van der Waals surface area contributed by atoms with Crippen molar-refractivity contribution in [1.29, 1.82) is 0 Å². The maximum Gasteiger partial charge on any atom is 0.271 e. The van der Waals surface area contributed by atoms with Crippen molar-refractivity contribution in [2.24, 2.45) is 0 Å². The Morgan fingerprint density at radius 1 is 1.19 bits per heavy atom. The second kappa shape index (κ2) is 7.98. The molecule has 0 amide bonds. The molecular weight excluding hydrogens is 386 g/mol. The molecule has 1 N–H and O–H groups in total. The summed E-state index contributed by atoms with van der Waals surface area (Å²) in [6.45, 7) is 3.06. The van der Waals surface area contributed by atoms with Crippen molar-refractivity contribution in [3.63, 3.8) is 0 Å². The van der Waals surface area contributed by atoms with E-state index in [2.05, 4.69) is 27.5 Å². The minimum Gasteiger partial charge on any atom is -0.341 e. The number of hydrogen-bond acceptors (Lipinski definition) is 5.